The number of rotatable bonds is 6. The summed E-state index contributed by atoms with van der Waals surface area (Å²) < 4.78 is 15.4. The van der Waals surface area contributed by atoms with Crippen molar-refractivity contribution >= 4 is 5.97 Å². The van der Waals surface area contributed by atoms with Crippen LogP contribution in [0.1, 0.15) is 11.1 Å². The Balaban J connectivity index is 1.89. The van der Waals surface area contributed by atoms with Crippen molar-refractivity contribution in [3.63, 3.8) is 0 Å². The van der Waals surface area contributed by atoms with Crippen LogP contribution in [0, 0.1) is 0 Å². The molecule has 0 fully saturated rings. The second-order valence-electron chi connectivity index (χ2n) is 4.53. The quantitative estimate of drug-likeness (QED) is 0.766. The van der Waals surface area contributed by atoms with Gasteiger partial charge in [-0.3, -0.25) is 4.79 Å². The van der Waals surface area contributed by atoms with E-state index in [4.69, 9.17) is 9.47 Å². The predicted molar refractivity (Wildman–Crippen MR) is 79.5 cm³/mol. The topological polar surface area (TPSA) is 44.8 Å². The summed E-state index contributed by atoms with van der Waals surface area (Å²) >= 11 is 0. The fourth-order valence-electron chi connectivity index (χ4n) is 1.83. The molecule has 2 rings (SSSR count). The highest BCUT2D eigenvalue weighted by Crippen LogP contribution is 2.16. The largest absolute Gasteiger partial charge is 0.497 e. The molecule has 0 radical (unpaired) electrons. The monoisotopic (exact) mass is 286 g/mol. The molecule has 0 spiro atoms. The lowest BCUT2D eigenvalue weighted by Crippen LogP contribution is -2.04. The third-order valence-corrected chi connectivity index (χ3v) is 3.06. The van der Waals surface area contributed by atoms with Gasteiger partial charge in [0.2, 0.25) is 0 Å². The number of esters is 1. The minimum absolute atomic E-state index is 0.248. The average molecular weight is 286 g/mol. The van der Waals surface area contributed by atoms with Gasteiger partial charge in [-0.15, -0.1) is 0 Å². The molecule has 0 saturated carbocycles. The van der Waals surface area contributed by atoms with E-state index in [2.05, 4.69) is 4.74 Å². The van der Waals surface area contributed by atoms with E-state index in [1.165, 1.54) is 7.11 Å². The number of hydrogen-bond acceptors (Lipinski definition) is 4. The van der Waals surface area contributed by atoms with E-state index in [1.54, 1.807) is 7.11 Å². The van der Waals surface area contributed by atoms with Crippen LogP contribution in [0.5, 0.6) is 11.5 Å². The molecule has 0 bridgehead atoms. The Hall–Kier alpha value is -2.49. The molecule has 2 aromatic carbocycles. The lowest BCUT2D eigenvalue weighted by Gasteiger charge is -2.08. The fraction of sp³-hybridized carbons (Fsp3) is 0.235. The van der Waals surface area contributed by atoms with Crippen molar-refractivity contribution in [2.75, 3.05) is 14.2 Å². The van der Waals surface area contributed by atoms with Crippen LogP contribution >= 0.6 is 0 Å². The van der Waals surface area contributed by atoms with Gasteiger partial charge in [-0.25, -0.2) is 0 Å². The fourth-order valence-corrected chi connectivity index (χ4v) is 1.83. The molecular formula is C17H18O4. The summed E-state index contributed by atoms with van der Waals surface area (Å²) in [5.74, 6) is 1.34. The summed E-state index contributed by atoms with van der Waals surface area (Å²) in [5, 5.41) is 0. The van der Waals surface area contributed by atoms with Crippen LogP contribution in [0.25, 0.3) is 0 Å². The van der Waals surface area contributed by atoms with Gasteiger partial charge in [0.1, 0.15) is 18.1 Å². The standard InChI is InChI=1S/C17H18O4/c1-19-15-7-5-14(6-8-15)12-21-16-9-3-13(4-10-16)11-17(18)20-2/h3-10H,11-12H2,1-2H3. The molecule has 0 N–H and O–H groups in total. The molecule has 0 saturated heterocycles. The van der Waals surface area contributed by atoms with Crippen LogP contribution in [0.2, 0.25) is 0 Å². The summed E-state index contributed by atoms with van der Waals surface area (Å²) in [6.45, 7) is 0.486. The van der Waals surface area contributed by atoms with Crippen LogP contribution in [-0.4, -0.2) is 20.2 Å². The maximum atomic E-state index is 11.2. The molecule has 21 heavy (non-hydrogen) atoms. The summed E-state index contributed by atoms with van der Waals surface area (Å²) in [6, 6.07) is 15.1. The number of hydrogen-bond donors (Lipinski definition) is 0. The van der Waals surface area contributed by atoms with Gasteiger partial charge < -0.3 is 14.2 Å². The molecule has 0 heterocycles. The first-order valence-electron chi connectivity index (χ1n) is 6.63. The zero-order chi connectivity index (χ0) is 15.1. The lowest BCUT2D eigenvalue weighted by molar-refractivity contribution is -0.139. The van der Waals surface area contributed by atoms with Crippen molar-refractivity contribution in [2.45, 2.75) is 13.0 Å². The molecule has 2 aromatic rings. The van der Waals surface area contributed by atoms with E-state index >= 15 is 0 Å². The highest BCUT2D eigenvalue weighted by molar-refractivity contribution is 5.72. The summed E-state index contributed by atoms with van der Waals surface area (Å²) in [6.07, 6.45) is 0.273. The van der Waals surface area contributed by atoms with Gasteiger partial charge in [0, 0.05) is 0 Å². The Morgan fingerprint density at radius 3 is 2.00 bits per heavy atom. The minimum Gasteiger partial charge on any atom is -0.497 e. The first-order chi connectivity index (χ1) is 10.2. The maximum Gasteiger partial charge on any atom is 0.309 e. The Morgan fingerprint density at radius 2 is 1.43 bits per heavy atom. The van der Waals surface area contributed by atoms with Crippen molar-refractivity contribution in [1.29, 1.82) is 0 Å². The molecule has 0 amide bonds. The highest BCUT2D eigenvalue weighted by Gasteiger charge is 2.03. The molecule has 0 unspecified atom stereocenters. The summed E-state index contributed by atoms with van der Waals surface area (Å²) in [7, 11) is 3.02. The molecule has 0 aromatic heterocycles. The molecule has 0 aliphatic carbocycles. The molecule has 4 heteroatoms. The number of methoxy groups -OCH3 is 2. The molecular weight excluding hydrogens is 268 g/mol. The Morgan fingerprint density at radius 1 is 0.857 bits per heavy atom. The molecule has 0 atom stereocenters. The third kappa shape index (κ3) is 4.53. The van der Waals surface area contributed by atoms with Crippen molar-refractivity contribution in [3.05, 3.63) is 59.7 Å². The smallest absolute Gasteiger partial charge is 0.309 e. The van der Waals surface area contributed by atoms with E-state index in [9.17, 15) is 4.79 Å². The van der Waals surface area contributed by atoms with Crippen LogP contribution < -0.4 is 9.47 Å². The van der Waals surface area contributed by atoms with Crippen molar-refractivity contribution < 1.29 is 19.0 Å². The van der Waals surface area contributed by atoms with Crippen molar-refractivity contribution in [1.82, 2.24) is 0 Å². The Bertz CT molecular complexity index is 573. The second kappa shape index (κ2) is 7.33. The number of carbonyl (C=O) groups is 1. The number of ether oxygens (including phenoxy) is 3. The van der Waals surface area contributed by atoms with Gasteiger partial charge in [-0.1, -0.05) is 24.3 Å². The molecule has 0 aliphatic heterocycles. The van der Waals surface area contributed by atoms with E-state index < -0.39 is 0 Å². The van der Waals surface area contributed by atoms with E-state index in [1.807, 2.05) is 48.5 Å². The number of benzene rings is 2. The zero-order valence-corrected chi connectivity index (χ0v) is 12.2. The van der Waals surface area contributed by atoms with Crippen LogP contribution in [-0.2, 0) is 22.6 Å². The van der Waals surface area contributed by atoms with Gasteiger partial charge in [-0.05, 0) is 35.4 Å². The van der Waals surface area contributed by atoms with E-state index in [-0.39, 0.29) is 12.4 Å². The van der Waals surface area contributed by atoms with Crippen molar-refractivity contribution in [2.24, 2.45) is 0 Å². The molecule has 0 aliphatic rings. The second-order valence-corrected chi connectivity index (χ2v) is 4.53. The van der Waals surface area contributed by atoms with Gasteiger partial charge in [0.05, 0.1) is 20.6 Å². The third-order valence-electron chi connectivity index (χ3n) is 3.06. The van der Waals surface area contributed by atoms with Crippen LogP contribution in [0.15, 0.2) is 48.5 Å². The van der Waals surface area contributed by atoms with Crippen LogP contribution in [0.4, 0.5) is 0 Å². The minimum atomic E-state index is -0.248. The first kappa shape index (κ1) is 14.9. The zero-order valence-electron chi connectivity index (χ0n) is 12.2. The van der Waals surface area contributed by atoms with Gasteiger partial charge in [-0.2, -0.15) is 0 Å². The van der Waals surface area contributed by atoms with Gasteiger partial charge in [0.15, 0.2) is 0 Å². The summed E-state index contributed by atoms with van der Waals surface area (Å²) in [4.78, 5) is 11.2. The lowest BCUT2D eigenvalue weighted by atomic mass is 10.1. The first-order valence-corrected chi connectivity index (χ1v) is 6.63. The SMILES string of the molecule is COC(=O)Cc1ccc(OCc2ccc(OC)cc2)cc1. The van der Waals surface area contributed by atoms with E-state index in [0.717, 1.165) is 22.6 Å². The van der Waals surface area contributed by atoms with Crippen molar-refractivity contribution in [3.8, 4) is 11.5 Å². The normalized spacial score (nSPS) is 10.0. The van der Waals surface area contributed by atoms with E-state index in [0.29, 0.717) is 6.61 Å². The predicted octanol–water partition coefficient (Wildman–Crippen LogP) is 2.99. The average Bonchev–Trinajstić information content (AvgIpc) is 2.54. The van der Waals surface area contributed by atoms with Crippen LogP contribution in [0.3, 0.4) is 0 Å². The highest BCUT2D eigenvalue weighted by atomic mass is 16.5. The van der Waals surface area contributed by atoms with Gasteiger partial charge >= 0.3 is 5.97 Å². The number of carbonyl (C=O) groups excluding carboxylic acids is 1. The van der Waals surface area contributed by atoms with Gasteiger partial charge in [0.25, 0.3) is 0 Å². The molecule has 4 nitrogen and oxygen atoms in total. The maximum absolute atomic E-state index is 11.2. The Labute approximate surface area is 124 Å². The summed E-state index contributed by atoms with van der Waals surface area (Å²) in [5.41, 5.74) is 1.97. The molecule has 110 valence electrons. The Kier molecular flexibility index (Phi) is 5.21.